The molecule has 0 bridgehead atoms. The minimum atomic E-state index is -0.154. The van der Waals surface area contributed by atoms with Crippen molar-refractivity contribution < 1.29 is 4.79 Å². The highest BCUT2D eigenvalue weighted by atomic mass is 16.1. The molecular weight excluding hydrogens is 298 g/mol. The smallest absolute Gasteiger partial charge is 0.257 e. The monoisotopic (exact) mass is 319 g/mol. The van der Waals surface area contributed by atoms with E-state index in [9.17, 15) is 4.79 Å². The van der Waals surface area contributed by atoms with E-state index in [2.05, 4.69) is 42.3 Å². The lowest BCUT2D eigenvalue weighted by Crippen LogP contribution is -2.15. The van der Waals surface area contributed by atoms with E-state index >= 15 is 0 Å². The number of nitrogens with one attached hydrogen (secondary N) is 1. The van der Waals surface area contributed by atoms with Gasteiger partial charge in [-0.1, -0.05) is 29.8 Å². The Morgan fingerprint density at radius 2 is 1.83 bits per heavy atom. The zero-order valence-corrected chi connectivity index (χ0v) is 14.4. The summed E-state index contributed by atoms with van der Waals surface area (Å²) in [7, 11) is 1.91. The molecule has 0 aliphatic heterocycles. The molecule has 3 aromatic rings. The Kier molecular flexibility index (Phi) is 4.21. The largest absolute Gasteiger partial charge is 0.313 e. The maximum atomic E-state index is 12.4. The zero-order valence-electron chi connectivity index (χ0n) is 14.4. The molecule has 0 saturated carbocycles. The van der Waals surface area contributed by atoms with Crippen LogP contribution in [0.5, 0.6) is 0 Å². The molecule has 1 amide bonds. The normalized spacial score (nSPS) is 10.7. The molecule has 1 heterocycles. The lowest BCUT2D eigenvalue weighted by molar-refractivity contribution is 0.102. The third-order valence-electron chi connectivity index (χ3n) is 4.30. The van der Waals surface area contributed by atoms with Gasteiger partial charge in [0.1, 0.15) is 0 Å². The summed E-state index contributed by atoms with van der Waals surface area (Å²) in [6.45, 7) is 6.15. The SMILES string of the molecule is Cc1cccc(C(=O)Nc2ncc(-c3ccc(C)c(C)c3)n2C)c1. The summed E-state index contributed by atoms with van der Waals surface area (Å²) in [5, 5.41) is 2.88. The van der Waals surface area contributed by atoms with Crippen LogP contribution in [0, 0.1) is 20.8 Å². The van der Waals surface area contributed by atoms with Crippen LogP contribution in [0.2, 0.25) is 0 Å². The number of anilines is 1. The summed E-state index contributed by atoms with van der Waals surface area (Å²) in [5.41, 5.74) is 6.23. The Bertz CT molecular complexity index is 909. The van der Waals surface area contributed by atoms with Gasteiger partial charge in [0.2, 0.25) is 5.95 Å². The van der Waals surface area contributed by atoms with E-state index in [-0.39, 0.29) is 5.91 Å². The highest BCUT2D eigenvalue weighted by Gasteiger charge is 2.13. The fourth-order valence-electron chi connectivity index (χ4n) is 2.65. The summed E-state index contributed by atoms with van der Waals surface area (Å²) in [5.74, 6) is 0.383. The lowest BCUT2D eigenvalue weighted by atomic mass is 10.0. The van der Waals surface area contributed by atoms with Crippen molar-refractivity contribution in [1.29, 1.82) is 0 Å². The third-order valence-corrected chi connectivity index (χ3v) is 4.30. The molecule has 0 unspecified atom stereocenters. The Labute approximate surface area is 142 Å². The number of benzene rings is 2. The second-order valence-electron chi connectivity index (χ2n) is 6.15. The van der Waals surface area contributed by atoms with Crippen molar-refractivity contribution >= 4 is 11.9 Å². The summed E-state index contributed by atoms with van der Waals surface area (Å²) in [6, 6.07) is 13.8. The molecule has 0 radical (unpaired) electrons. The van der Waals surface area contributed by atoms with Crippen molar-refractivity contribution in [2.75, 3.05) is 5.32 Å². The summed E-state index contributed by atoms with van der Waals surface area (Å²) >= 11 is 0. The van der Waals surface area contributed by atoms with Crippen molar-refractivity contribution in [3.63, 3.8) is 0 Å². The van der Waals surface area contributed by atoms with Crippen molar-refractivity contribution in [3.05, 3.63) is 70.9 Å². The van der Waals surface area contributed by atoms with Gasteiger partial charge in [0, 0.05) is 18.2 Å². The van der Waals surface area contributed by atoms with Crippen LogP contribution < -0.4 is 5.32 Å². The van der Waals surface area contributed by atoms with Crippen LogP contribution in [-0.4, -0.2) is 15.5 Å². The first-order valence-electron chi connectivity index (χ1n) is 7.93. The molecule has 0 aliphatic carbocycles. The molecule has 2 aromatic carbocycles. The molecule has 3 rings (SSSR count). The Morgan fingerprint density at radius 3 is 2.54 bits per heavy atom. The predicted octanol–water partition coefficient (Wildman–Crippen LogP) is 4.26. The Hall–Kier alpha value is -2.88. The topological polar surface area (TPSA) is 46.9 Å². The van der Waals surface area contributed by atoms with Crippen molar-refractivity contribution in [2.24, 2.45) is 7.05 Å². The van der Waals surface area contributed by atoms with Crippen molar-refractivity contribution in [2.45, 2.75) is 20.8 Å². The quantitative estimate of drug-likeness (QED) is 0.784. The number of aryl methyl sites for hydroxylation is 3. The van der Waals surface area contributed by atoms with E-state index in [1.807, 2.05) is 36.7 Å². The highest BCUT2D eigenvalue weighted by Crippen LogP contribution is 2.24. The van der Waals surface area contributed by atoms with Gasteiger partial charge in [0.05, 0.1) is 11.9 Å². The first-order chi connectivity index (χ1) is 11.5. The maximum absolute atomic E-state index is 12.4. The molecule has 1 N–H and O–H groups in total. The molecule has 0 atom stereocenters. The van der Waals surface area contributed by atoms with Gasteiger partial charge in [-0.15, -0.1) is 0 Å². The van der Waals surface area contributed by atoms with E-state index in [1.54, 1.807) is 12.3 Å². The third kappa shape index (κ3) is 3.08. The molecule has 0 saturated heterocycles. The molecule has 0 aliphatic rings. The fourth-order valence-corrected chi connectivity index (χ4v) is 2.65. The van der Waals surface area contributed by atoms with E-state index < -0.39 is 0 Å². The standard InChI is InChI=1S/C20H21N3O/c1-13-6-5-7-17(10-13)19(24)22-20-21-12-18(23(20)4)16-9-8-14(2)15(3)11-16/h5-12H,1-4H3,(H,21,22,24). The van der Waals surface area contributed by atoms with Crippen molar-refractivity contribution in [1.82, 2.24) is 9.55 Å². The summed E-state index contributed by atoms with van der Waals surface area (Å²) < 4.78 is 1.90. The Balaban J connectivity index is 1.87. The number of imidazole rings is 1. The second kappa shape index (κ2) is 6.32. The molecule has 4 heteroatoms. The maximum Gasteiger partial charge on any atom is 0.257 e. The molecule has 24 heavy (non-hydrogen) atoms. The van der Waals surface area contributed by atoms with E-state index in [0.717, 1.165) is 16.8 Å². The van der Waals surface area contributed by atoms with Gasteiger partial charge in [-0.25, -0.2) is 4.98 Å². The number of hydrogen-bond donors (Lipinski definition) is 1. The molecule has 0 fully saturated rings. The average Bonchev–Trinajstić information content (AvgIpc) is 2.91. The van der Waals surface area contributed by atoms with Crippen LogP contribution in [0.15, 0.2) is 48.7 Å². The van der Waals surface area contributed by atoms with E-state index in [0.29, 0.717) is 11.5 Å². The number of aromatic nitrogens is 2. The van der Waals surface area contributed by atoms with Crippen LogP contribution in [0.25, 0.3) is 11.3 Å². The van der Waals surface area contributed by atoms with Crippen LogP contribution in [0.3, 0.4) is 0 Å². The van der Waals surface area contributed by atoms with Gasteiger partial charge in [0.25, 0.3) is 5.91 Å². The van der Waals surface area contributed by atoms with Crippen LogP contribution in [0.1, 0.15) is 27.0 Å². The van der Waals surface area contributed by atoms with Crippen molar-refractivity contribution in [3.8, 4) is 11.3 Å². The molecule has 1 aromatic heterocycles. The minimum absolute atomic E-state index is 0.154. The van der Waals surface area contributed by atoms with Gasteiger partial charge in [-0.3, -0.25) is 10.1 Å². The number of rotatable bonds is 3. The number of carbonyl (C=O) groups excluding carboxylic acids is 1. The lowest BCUT2D eigenvalue weighted by Gasteiger charge is -2.09. The predicted molar refractivity (Wildman–Crippen MR) is 97.3 cm³/mol. The molecular formula is C20H21N3O. The van der Waals surface area contributed by atoms with Gasteiger partial charge in [-0.05, 0) is 50.1 Å². The van der Waals surface area contributed by atoms with E-state index in [1.165, 1.54) is 11.1 Å². The zero-order chi connectivity index (χ0) is 17.3. The van der Waals surface area contributed by atoms with Gasteiger partial charge in [-0.2, -0.15) is 0 Å². The first-order valence-corrected chi connectivity index (χ1v) is 7.93. The number of nitrogens with zero attached hydrogens (tertiary/aromatic N) is 2. The number of hydrogen-bond acceptors (Lipinski definition) is 2. The molecule has 122 valence electrons. The van der Waals surface area contributed by atoms with E-state index in [4.69, 9.17) is 0 Å². The van der Waals surface area contributed by atoms with Gasteiger partial charge < -0.3 is 4.57 Å². The van der Waals surface area contributed by atoms with Gasteiger partial charge >= 0.3 is 0 Å². The Morgan fingerprint density at radius 1 is 1.04 bits per heavy atom. The molecule has 4 nitrogen and oxygen atoms in total. The van der Waals surface area contributed by atoms with Gasteiger partial charge in [0.15, 0.2) is 0 Å². The molecule has 0 spiro atoms. The minimum Gasteiger partial charge on any atom is -0.313 e. The average molecular weight is 319 g/mol. The fraction of sp³-hybridized carbons (Fsp3) is 0.200. The number of carbonyl (C=O) groups is 1. The summed E-state index contributed by atoms with van der Waals surface area (Å²) in [6.07, 6.45) is 1.79. The first kappa shape index (κ1) is 16.0. The van der Waals surface area contributed by atoms with Crippen LogP contribution in [-0.2, 0) is 7.05 Å². The number of amides is 1. The summed E-state index contributed by atoms with van der Waals surface area (Å²) in [4.78, 5) is 16.8. The highest BCUT2D eigenvalue weighted by molar-refractivity contribution is 6.03. The van der Waals surface area contributed by atoms with Crippen LogP contribution >= 0.6 is 0 Å². The van der Waals surface area contributed by atoms with Crippen LogP contribution in [0.4, 0.5) is 5.95 Å². The second-order valence-corrected chi connectivity index (χ2v) is 6.15.